The lowest BCUT2D eigenvalue weighted by Crippen LogP contribution is -2.41. The molecular formula is C21H32N4O2. The minimum Gasteiger partial charge on any atom is -0.353 e. The molecule has 1 N–H and O–H groups in total. The molecule has 1 aromatic rings. The number of aromatic nitrogens is 2. The topological polar surface area (TPSA) is 75.2 Å². The van der Waals surface area contributed by atoms with E-state index in [1.54, 1.807) is 23.5 Å². The highest BCUT2D eigenvalue weighted by molar-refractivity contribution is 5.79. The largest absolute Gasteiger partial charge is 0.353 e. The molecule has 2 aliphatic carbocycles. The van der Waals surface area contributed by atoms with Crippen molar-refractivity contribution >= 4 is 11.8 Å². The zero-order valence-electron chi connectivity index (χ0n) is 16.4. The summed E-state index contributed by atoms with van der Waals surface area (Å²) in [5.41, 5.74) is 0.803. The third kappa shape index (κ3) is 6.01. The third-order valence-electron chi connectivity index (χ3n) is 6.03. The molecule has 0 spiro atoms. The number of rotatable bonds is 6. The monoisotopic (exact) mass is 372 g/mol. The van der Waals surface area contributed by atoms with Gasteiger partial charge in [-0.05, 0) is 44.4 Å². The molecule has 1 aromatic heterocycles. The number of carbonyl (C=O) groups excluding carboxylic acids is 2. The first-order valence-corrected chi connectivity index (χ1v) is 10.4. The maximum Gasteiger partial charge on any atom is 0.225 e. The van der Waals surface area contributed by atoms with Gasteiger partial charge in [-0.15, -0.1) is 0 Å². The summed E-state index contributed by atoms with van der Waals surface area (Å²) in [6, 6.07) is 0.232. The van der Waals surface area contributed by atoms with Crippen LogP contribution in [0.1, 0.15) is 69.9 Å². The van der Waals surface area contributed by atoms with Crippen LogP contribution in [-0.2, 0) is 16.1 Å². The highest BCUT2D eigenvalue weighted by Crippen LogP contribution is 2.28. The minimum atomic E-state index is 0.0539. The Morgan fingerprint density at radius 2 is 1.81 bits per heavy atom. The van der Waals surface area contributed by atoms with E-state index in [-0.39, 0.29) is 23.8 Å². The van der Waals surface area contributed by atoms with Crippen molar-refractivity contribution in [3.05, 3.63) is 24.3 Å². The zero-order valence-corrected chi connectivity index (χ0v) is 16.4. The SMILES string of the molecule is CN(Cc1cnccn1)C(=O)C1CCC(NC(=O)CC2CCCCC2)CC1. The van der Waals surface area contributed by atoms with E-state index in [1.165, 1.54) is 32.1 Å². The van der Waals surface area contributed by atoms with E-state index in [2.05, 4.69) is 15.3 Å². The normalized spacial score (nSPS) is 23.6. The first-order chi connectivity index (χ1) is 13.1. The Bertz CT molecular complexity index is 608. The van der Waals surface area contributed by atoms with E-state index < -0.39 is 0 Å². The van der Waals surface area contributed by atoms with Crippen LogP contribution < -0.4 is 5.32 Å². The molecule has 6 heteroatoms. The Morgan fingerprint density at radius 1 is 1.07 bits per heavy atom. The van der Waals surface area contributed by atoms with Crippen LogP contribution in [0.15, 0.2) is 18.6 Å². The van der Waals surface area contributed by atoms with Crippen LogP contribution in [0.4, 0.5) is 0 Å². The van der Waals surface area contributed by atoms with Crippen LogP contribution in [0.25, 0.3) is 0 Å². The van der Waals surface area contributed by atoms with E-state index in [0.29, 0.717) is 18.9 Å². The number of hydrogen-bond donors (Lipinski definition) is 1. The summed E-state index contributed by atoms with van der Waals surface area (Å²) in [4.78, 5) is 35.0. The molecule has 1 heterocycles. The predicted molar refractivity (Wildman–Crippen MR) is 104 cm³/mol. The van der Waals surface area contributed by atoms with Gasteiger partial charge in [-0.2, -0.15) is 0 Å². The smallest absolute Gasteiger partial charge is 0.225 e. The molecule has 3 rings (SSSR count). The molecular weight excluding hydrogens is 340 g/mol. The molecule has 6 nitrogen and oxygen atoms in total. The van der Waals surface area contributed by atoms with Crippen LogP contribution >= 0.6 is 0 Å². The molecule has 2 amide bonds. The van der Waals surface area contributed by atoms with Crippen molar-refractivity contribution in [1.29, 1.82) is 0 Å². The van der Waals surface area contributed by atoms with Gasteiger partial charge >= 0.3 is 0 Å². The Labute approximate surface area is 162 Å². The quantitative estimate of drug-likeness (QED) is 0.833. The maximum atomic E-state index is 12.7. The van der Waals surface area contributed by atoms with Crippen LogP contribution in [0.2, 0.25) is 0 Å². The Balaban J connectivity index is 1.38. The number of nitrogens with one attached hydrogen (secondary N) is 1. The second-order valence-corrected chi connectivity index (χ2v) is 8.22. The fourth-order valence-corrected chi connectivity index (χ4v) is 4.47. The van der Waals surface area contributed by atoms with Crippen LogP contribution in [-0.4, -0.2) is 39.8 Å². The molecule has 0 unspecified atom stereocenters. The first kappa shape index (κ1) is 19.8. The lowest BCUT2D eigenvalue weighted by molar-refractivity contribution is -0.136. The zero-order chi connectivity index (χ0) is 19.1. The lowest BCUT2D eigenvalue weighted by atomic mass is 9.84. The fourth-order valence-electron chi connectivity index (χ4n) is 4.47. The van der Waals surface area contributed by atoms with Crippen LogP contribution in [0.3, 0.4) is 0 Å². The van der Waals surface area contributed by atoms with E-state index in [9.17, 15) is 9.59 Å². The molecule has 0 aliphatic heterocycles. The molecule has 148 valence electrons. The van der Waals surface area contributed by atoms with Crippen LogP contribution in [0, 0.1) is 11.8 Å². The van der Waals surface area contributed by atoms with Gasteiger partial charge in [0.1, 0.15) is 0 Å². The van der Waals surface area contributed by atoms with Gasteiger partial charge in [-0.25, -0.2) is 0 Å². The fraction of sp³-hybridized carbons (Fsp3) is 0.714. The highest BCUT2D eigenvalue weighted by atomic mass is 16.2. The second kappa shape index (κ2) is 9.81. The Hall–Kier alpha value is -1.98. The standard InChI is InChI=1S/C21H32N4O2/c1-25(15-19-14-22-11-12-23-19)21(27)17-7-9-18(10-8-17)24-20(26)13-16-5-3-2-4-6-16/h11-12,14,16-18H,2-10,13,15H2,1H3,(H,24,26). The van der Waals surface area contributed by atoms with Crippen molar-refractivity contribution in [3.63, 3.8) is 0 Å². The summed E-state index contributed by atoms with van der Waals surface area (Å²) >= 11 is 0. The van der Waals surface area contributed by atoms with Gasteiger partial charge in [0.15, 0.2) is 0 Å². The molecule has 0 atom stereocenters. The van der Waals surface area contributed by atoms with E-state index in [4.69, 9.17) is 0 Å². The van der Waals surface area contributed by atoms with E-state index in [1.807, 2.05) is 7.05 Å². The summed E-state index contributed by atoms with van der Waals surface area (Å²) in [7, 11) is 1.83. The lowest BCUT2D eigenvalue weighted by Gasteiger charge is -2.31. The average Bonchev–Trinajstić information content (AvgIpc) is 2.69. The third-order valence-corrected chi connectivity index (χ3v) is 6.03. The second-order valence-electron chi connectivity index (χ2n) is 8.22. The summed E-state index contributed by atoms with van der Waals surface area (Å²) < 4.78 is 0. The van der Waals surface area contributed by atoms with Crippen molar-refractivity contribution < 1.29 is 9.59 Å². The molecule has 2 saturated carbocycles. The molecule has 27 heavy (non-hydrogen) atoms. The Kier molecular flexibility index (Phi) is 7.18. The summed E-state index contributed by atoms with van der Waals surface area (Å²) in [6.45, 7) is 0.491. The van der Waals surface area contributed by atoms with Gasteiger partial charge in [0, 0.05) is 37.8 Å². The van der Waals surface area contributed by atoms with Crippen molar-refractivity contribution in [2.24, 2.45) is 11.8 Å². The predicted octanol–water partition coefficient (Wildman–Crippen LogP) is 3.08. The summed E-state index contributed by atoms with van der Waals surface area (Å²) in [5.74, 6) is 1.01. The molecule has 0 radical (unpaired) electrons. The first-order valence-electron chi connectivity index (χ1n) is 10.4. The van der Waals surface area contributed by atoms with Gasteiger partial charge < -0.3 is 10.2 Å². The Morgan fingerprint density at radius 3 is 2.48 bits per heavy atom. The summed E-state index contributed by atoms with van der Waals surface area (Å²) in [5, 5.41) is 3.21. The van der Waals surface area contributed by atoms with Gasteiger partial charge in [0.05, 0.1) is 18.4 Å². The van der Waals surface area contributed by atoms with Gasteiger partial charge in [-0.1, -0.05) is 19.3 Å². The van der Waals surface area contributed by atoms with Crippen LogP contribution in [0.5, 0.6) is 0 Å². The van der Waals surface area contributed by atoms with Crippen molar-refractivity contribution in [2.75, 3.05) is 7.05 Å². The minimum absolute atomic E-state index is 0.0539. The van der Waals surface area contributed by atoms with E-state index >= 15 is 0 Å². The van der Waals surface area contributed by atoms with Crippen molar-refractivity contribution in [2.45, 2.75) is 76.8 Å². The van der Waals surface area contributed by atoms with Crippen molar-refractivity contribution in [3.8, 4) is 0 Å². The maximum absolute atomic E-state index is 12.7. The molecule has 2 aliphatic rings. The highest BCUT2D eigenvalue weighted by Gasteiger charge is 2.29. The molecule has 0 aromatic carbocycles. The van der Waals surface area contributed by atoms with Gasteiger partial charge in [0.2, 0.25) is 11.8 Å². The number of carbonyl (C=O) groups is 2. The average molecular weight is 373 g/mol. The summed E-state index contributed by atoms with van der Waals surface area (Å²) in [6.07, 6.45) is 15.4. The van der Waals surface area contributed by atoms with Gasteiger partial charge in [-0.3, -0.25) is 19.6 Å². The van der Waals surface area contributed by atoms with E-state index in [0.717, 1.165) is 31.4 Å². The van der Waals surface area contributed by atoms with Crippen molar-refractivity contribution in [1.82, 2.24) is 20.2 Å². The number of nitrogens with zero attached hydrogens (tertiary/aromatic N) is 3. The van der Waals surface area contributed by atoms with Gasteiger partial charge in [0.25, 0.3) is 0 Å². The number of amides is 2. The molecule has 0 saturated heterocycles. The number of hydrogen-bond acceptors (Lipinski definition) is 4. The molecule has 0 bridgehead atoms. The molecule has 2 fully saturated rings.